The van der Waals surface area contributed by atoms with Crippen molar-refractivity contribution in [1.82, 2.24) is 9.55 Å². The maximum atomic E-state index is 12.3. The highest BCUT2D eigenvalue weighted by Crippen LogP contribution is 2.28. The monoisotopic (exact) mass is 406 g/mol. The quantitative estimate of drug-likeness (QED) is 0.646. The highest BCUT2D eigenvalue weighted by molar-refractivity contribution is 7.99. The Morgan fingerprint density at radius 1 is 1.24 bits per heavy atom. The summed E-state index contributed by atoms with van der Waals surface area (Å²) in [7, 11) is 1.95. The van der Waals surface area contributed by atoms with Crippen molar-refractivity contribution in [2.24, 2.45) is 13.0 Å². The zero-order chi connectivity index (χ0) is 20.2. The fourth-order valence-electron chi connectivity index (χ4n) is 3.34. The van der Waals surface area contributed by atoms with Gasteiger partial charge in [-0.1, -0.05) is 30.0 Å². The Labute approximate surface area is 173 Å². The smallest absolute Gasteiger partial charge is 0.227 e. The Morgan fingerprint density at radius 2 is 2.03 bits per heavy atom. The molecule has 7 heteroatoms. The number of benzene rings is 2. The number of carbonyl (C=O) groups excluding carboxylic acids is 2. The average Bonchev–Trinajstić information content (AvgIpc) is 3.12. The molecule has 2 aromatic carbocycles. The minimum Gasteiger partial charge on any atom is -0.329 e. The summed E-state index contributed by atoms with van der Waals surface area (Å²) in [4.78, 5) is 29.9. The van der Waals surface area contributed by atoms with Gasteiger partial charge in [-0.3, -0.25) is 9.59 Å². The minimum atomic E-state index is -0.174. The second-order valence-corrected chi connectivity index (χ2v) is 8.12. The van der Waals surface area contributed by atoms with Crippen LogP contribution in [-0.4, -0.2) is 21.4 Å². The molecule has 1 atom stereocenters. The van der Waals surface area contributed by atoms with Crippen LogP contribution in [0.4, 0.5) is 11.4 Å². The minimum absolute atomic E-state index is 0.00726. The van der Waals surface area contributed by atoms with E-state index in [-0.39, 0.29) is 17.7 Å². The summed E-state index contributed by atoms with van der Waals surface area (Å²) in [5.41, 5.74) is 2.75. The van der Waals surface area contributed by atoms with Crippen LogP contribution in [0.3, 0.4) is 0 Å². The Morgan fingerprint density at radius 3 is 2.79 bits per heavy atom. The van der Waals surface area contributed by atoms with Gasteiger partial charge >= 0.3 is 0 Å². The lowest BCUT2D eigenvalue weighted by molar-refractivity contribution is -0.121. The van der Waals surface area contributed by atoms with E-state index in [4.69, 9.17) is 0 Å². The van der Waals surface area contributed by atoms with Crippen molar-refractivity contribution in [1.29, 1.82) is 0 Å². The van der Waals surface area contributed by atoms with Gasteiger partial charge in [-0.2, -0.15) is 0 Å². The van der Waals surface area contributed by atoms with Crippen molar-refractivity contribution in [3.8, 4) is 0 Å². The predicted molar refractivity (Wildman–Crippen MR) is 114 cm³/mol. The SMILES string of the molecule is Cn1ccnc1Sc1ccc(NC(=O)CCC2Cc3ccccc3NC2=O)cc1. The number of nitrogens with zero attached hydrogens (tertiary/aromatic N) is 2. The first kappa shape index (κ1) is 19.3. The summed E-state index contributed by atoms with van der Waals surface area (Å²) in [6.45, 7) is 0. The zero-order valence-corrected chi connectivity index (χ0v) is 16.9. The fraction of sp³-hybridized carbons (Fsp3) is 0.227. The molecule has 1 aliphatic rings. The molecule has 0 bridgehead atoms. The van der Waals surface area contributed by atoms with Crippen molar-refractivity contribution in [3.05, 3.63) is 66.5 Å². The van der Waals surface area contributed by atoms with Gasteiger partial charge in [0.15, 0.2) is 5.16 Å². The molecule has 0 radical (unpaired) electrons. The van der Waals surface area contributed by atoms with E-state index in [0.717, 1.165) is 27.0 Å². The molecule has 0 spiro atoms. The maximum Gasteiger partial charge on any atom is 0.227 e. The summed E-state index contributed by atoms with van der Waals surface area (Å²) in [6, 6.07) is 15.5. The van der Waals surface area contributed by atoms with E-state index in [9.17, 15) is 9.59 Å². The first-order valence-corrected chi connectivity index (χ1v) is 10.3. The molecular weight excluding hydrogens is 384 g/mol. The third kappa shape index (κ3) is 4.68. The largest absolute Gasteiger partial charge is 0.329 e. The van der Waals surface area contributed by atoms with E-state index in [1.165, 1.54) is 0 Å². The topological polar surface area (TPSA) is 76.0 Å². The lowest BCUT2D eigenvalue weighted by Gasteiger charge is -2.24. The number of hydrogen-bond acceptors (Lipinski definition) is 4. The number of para-hydroxylation sites is 1. The molecule has 2 amide bonds. The summed E-state index contributed by atoms with van der Waals surface area (Å²) < 4.78 is 1.96. The Balaban J connectivity index is 1.29. The number of fused-ring (bicyclic) bond motifs is 1. The third-order valence-electron chi connectivity index (χ3n) is 4.96. The standard InChI is InChI=1S/C22H22N4O2S/c1-26-13-12-23-22(26)29-18-9-7-17(8-10-18)24-20(27)11-6-16-14-15-4-2-3-5-19(15)25-21(16)28/h2-5,7-10,12-13,16H,6,11,14H2,1H3,(H,24,27)(H,25,28). The highest BCUT2D eigenvalue weighted by Gasteiger charge is 2.26. The van der Waals surface area contributed by atoms with E-state index in [2.05, 4.69) is 15.6 Å². The number of aromatic nitrogens is 2. The number of anilines is 2. The van der Waals surface area contributed by atoms with Gasteiger partial charge in [-0.15, -0.1) is 0 Å². The third-order valence-corrected chi connectivity index (χ3v) is 6.04. The molecule has 1 aliphatic heterocycles. The first-order chi connectivity index (χ1) is 14.1. The molecular formula is C22H22N4O2S. The fourth-order valence-corrected chi connectivity index (χ4v) is 4.14. The van der Waals surface area contributed by atoms with Gasteiger partial charge in [-0.25, -0.2) is 4.98 Å². The summed E-state index contributed by atoms with van der Waals surface area (Å²) in [5.74, 6) is -0.263. The molecule has 0 aliphatic carbocycles. The van der Waals surface area contributed by atoms with Gasteiger partial charge in [0.2, 0.25) is 11.8 Å². The number of rotatable bonds is 6. The lowest BCUT2D eigenvalue weighted by Crippen LogP contribution is -2.30. The molecule has 2 N–H and O–H groups in total. The van der Waals surface area contributed by atoms with Crippen LogP contribution in [0, 0.1) is 5.92 Å². The first-order valence-electron chi connectivity index (χ1n) is 9.52. The molecule has 4 rings (SSSR count). The van der Waals surface area contributed by atoms with Gasteiger partial charge < -0.3 is 15.2 Å². The Bertz CT molecular complexity index is 1030. The molecule has 148 valence electrons. The predicted octanol–water partition coefficient (Wildman–Crippen LogP) is 4.10. The van der Waals surface area contributed by atoms with E-state index in [0.29, 0.717) is 19.3 Å². The van der Waals surface area contributed by atoms with Crippen molar-refractivity contribution in [2.75, 3.05) is 10.6 Å². The van der Waals surface area contributed by atoms with Crippen LogP contribution in [-0.2, 0) is 23.1 Å². The Kier molecular flexibility index (Phi) is 5.67. The Hall–Kier alpha value is -3.06. The summed E-state index contributed by atoms with van der Waals surface area (Å²) >= 11 is 1.57. The van der Waals surface area contributed by atoms with Crippen molar-refractivity contribution < 1.29 is 9.59 Å². The number of hydrogen-bond donors (Lipinski definition) is 2. The number of amides is 2. The van der Waals surface area contributed by atoms with Gasteiger partial charge in [0.1, 0.15) is 0 Å². The number of imidazole rings is 1. The normalized spacial score (nSPS) is 15.5. The highest BCUT2D eigenvalue weighted by atomic mass is 32.2. The number of nitrogens with one attached hydrogen (secondary N) is 2. The van der Waals surface area contributed by atoms with Crippen LogP contribution in [0.25, 0.3) is 0 Å². The van der Waals surface area contributed by atoms with Gasteiger partial charge in [0.05, 0.1) is 0 Å². The van der Waals surface area contributed by atoms with Crippen LogP contribution in [0.1, 0.15) is 18.4 Å². The lowest BCUT2D eigenvalue weighted by atomic mass is 9.89. The van der Waals surface area contributed by atoms with Crippen LogP contribution < -0.4 is 10.6 Å². The van der Waals surface area contributed by atoms with Crippen LogP contribution >= 0.6 is 11.8 Å². The number of carbonyl (C=O) groups is 2. The molecule has 0 saturated heterocycles. The van der Waals surface area contributed by atoms with E-state index < -0.39 is 0 Å². The van der Waals surface area contributed by atoms with Crippen LogP contribution in [0.2, 0.25) is 0 Å². The average molecular weight is 407 g/mol. The second-order valence-electron chi connectivity index (χ2n) is 7.08. The molecule has 1 aromatic heterocycles. The van der Waals surface area contributed by atoms with E-state index >= 15 is 0 Å². The molecule has 6 nitrogen and oxygen atoms in total. The van der Waals surface area contributed by atoms with Gasteiger partial charge in [0.25, 0.3) is 0 Å². The molecule has 3 aromatic rings. The second kappa shape index (κ2) is 8.53. The molecule has 0 fully saturated rings. The van der Waals surface area contributed by atoms with Gasteiger partial charge in [0, 0.05) is 48.1 Å². The number of aryl methyl sites for hydroxylation is 1. The van der Waals surface area contributed by atoms with Crippen LogP contribution in [0.15, 0.2) is 71.0 Å². The summed E-state index contributed by atoms with van der Waals surface area (Å²) in [6.07, 6.45) is 5.18. The maximum absolute atomic E-state index is 12.3. The molecule has 0 saturated carbocycles. The molecule has 1 unspecified atom stereocenters. The summed E-state index contributed by atoms with van der Waals surface area (Å²) in [5, 5.41) is 6.76. The van der Waals surface area contributed by atoms with Crippen molar-refractivity contribution in [2.45, 2.75) is 29.3 Å². The van der Waals surface area contributed by atoms with Crippen LogP contribution in [0.5, 0.6) is 0 Å². The van der Waals surface area contributed by atoms with E-state index in [1.54, 1.807) is 18.0 Å². The van der Waals surface area contributed by atoms with E-state index in [1.807, 2.05) is 66.3 Å². The zero-order valence-electron chi connectivity index (χ0n) is 16.1. The van der Waals surface area contributed by atoms with Crippen molar-refractivity contribution in [3.63, 3.8) is 0 Å². The molecule has 29 heavy (non-hydrogen) atoms. The molecule has 2 heterocycles. The van der Waals surface area contributed by atoms with Crippen molar-refractivity contribution >= 4 is 35.0 Å². The van der Waals surface area contributed by atoms with Gasteiger partial charge in [-0.05, 0) is 48.7 Å².